The largest absolute Gasteiger partial charge is 0.505 e. The Bertz CT molecular complexity index is 884. The molecular formula is C14H7Cl2N3O2. The minimum absolute atomic E-state index is 0.127. The number of hydrogen-bond acceptors (Lipinski definition) is 5. The molecule has 3 rings (SSSR count). The van der Waals surface area contributed by atoms with Crippen molar-refractivity contribution in [1.29, 1.82) is 5.26 Å². The Kier molecular flexibility index (Phi) is 3.34. The summed E-state index contributed by atoms with van der Waals surface area (Å²) in [5, 5.41) is 22.3. The maximum absolute atomic E-state index is 9.81. The summed E-state index contributed by atoms with van der Waals surface area (Å²) in [4.78, 5) is 4.11. The zero-order valence-electron chi connectivity index (χ0n) is 10.4. The molecule has 0 spiro atoms. The first-order valence-corrected chi connectivity index (χ1v) is 6.59. The number of aromatic nitrogens is 1. The lowest BCUT2D eigenvalue weighted by Crippen LogP contribution is -1.91. The number of phenolic OH excluding ortho intramolecular Hbond substituents is 1. The molecule has 0 bridgehead atoms. The normalized spacial score (nSPS) is 10.5. The van der Waals surface area contributed by atoms with E-state index in [4.69, 9.17) is 32.9 Å². The fourth-order valence-electron chi connectivity index (χ4n) is 1.85. The Morgan fingerprint density at radius 3 is 2.86 bits per heavy atom. The van der Waals surface area contributed by atoms with Crippen LogP contribution in [0.1, 0.15) is 5.56 Å². The molecule has 0 saturated carbocycles. The van der Waals surface area contributed by atoms with E-state index in [0.29, 0.717) is 21.3 Å². The van der Waals surface area contributed by atoms with Gasteiger partial charge >= 0.3 is 0 Å². The van der Waals surface area contributed by atoms with Crippen molar-refractivity contribution in [2.45, 2.75) is 0 Å². The van der Waals surface area contributed by atoms with Crippen LogP contribution in [0.4, 0.5) is 11.7 Å². The van der Waals surface area contributed by atoms with Crippen LogP contribution >= 0.6 is 23.2 Å². The summed E-state index contributed by atoms with van der Waals surface area (Å²) < 4.78 is 5.46. The molecule has 21 heavy (non-hydrogen) atoms. The molecule has 104 valence electrons. The molecule has 1 aromatic heterocycles. The molecule has 5 nitrogen and oxygen atoms in total. The van der Waals surface area contributed by atoms with Gasteiger partial charge in [0.05, 0.1) is 27.4 Å². The van der Waals surface area contributed by atoms with Crippen LogP contribution in [-0.4, -0.2) is 10.1 Å². The first-order valence-electron chi connectivity index (χ1n) is 5.83. The molecule has 2 N–H and O–H groups in total. The zero-order valence-corrected chi connectivity index (χ0v) is 11.9. The highest BCUT2D eigenvalue weighted by atomic mass is 35.5. The van der Waals surface area contributed by atoms with Crippen molar-refractivity contribution in [3.63, 3.8) is 0 Å². The average Bonchev–Trinajstić information content (AvgIpc) is 2.87. The summed E-state index contributed by atoms with van der Waals surface area (Å²) in [7, 11) is 0. The molecule has 0 radical (unpaired) electrons. The minimum Gasteiger partial charge on any atom is -0.505 e. The maximum atomic E-state index is 9.81. The number of halogens is 2. The van der Waals surface area contributed by atoms with Gasteiger partial charge in [0, 0.05) is 12.1 Å². The van der Waals surface area contributed by atoms with Gasteiger partial charge in [-0.2, -0.15) is 10.2 Å². The number of rotatable bonds is 2. The SMILES string of the molecule is N#Cc1cc(O)c2nc(Nc3cccc(Cl)c3Cl)oc2c1. The number of nitriles is 1. The number of fused-ring (bicyclic) bond motifs is 1. The molecule has 2 aromatic carbocycles. The molecular weight excluding hydrogens is 313 g/mol. The summed E-state index contributed by atoms with van der Waals surface area (Å²) in [6.07, 6.45) is 0. The molecule has 0 saturated heterocycles. The van der Waals surface area contributed by atoms with Gasteiger partial charge in [-0.25, -0.2) is 0 Å². The van der Waals surface area contributed by atoms with Gasteiger partial charge < -0.3 is 14.8 Å². The van der Waals surface area contributed by atoms with E-state index in [-0.39, 0.29) is 22.8 Å². The second-order valence-corrected chi connectivity index (χ2v) is 4.98. The van der Waals surface area contributed by atoms with E-state index in [1.165, 1.54) is 12.1 Å². The predicted molar refractivity (Wildman–Crippen MR) is 80.1 cm³/mol. The summed E-state index contributed by atoms with van der Waals surface area (Å²) in [6, 6.07) is 9.98. The number of hydrogen-bond donors (Lipinski definition) is 2. The van der Waals surface area contributed by atoms with Crippen LogP contribution in [0.3, 0.4) is 0 Å². The molecule has 1 heterocycles. The standard InChI is InChI=1S/C14H7Cl2N3O2/c15-8-2-1-3-9(12(8)16)18-14-19-13-10(20)4-7(6-17)5-11(13)21-14/h1-5,20H,(H,18,19). The van der Waals surface area contributed by atoms with Crippen LogP contribution in [0, 0.1) is 11.3 Å². The fraction of sp³-hybridized carbons (Fsp3) is 0. The Balaban J connectivity index is 2.04. The van der Waals surface area contributed by atoms with Gasteiger partial charge in [0.15, 0.2) is 11.1 Å². The van der Waals surface area contributed by atoms with Crippen molar-refractivity contribution in [2.75, 3.05) is 5.32 Å². The highest BCUT2D eigenvalue weighted by Gasteiger charge is 2.13. The van der Waals surface area contributed by atoms with Crippen LogP contribution in [0.5, 0.6) is 5.75 Å². The molecule has 3 aromatic rings. The average molecular weight is 320 g/mol. The number of aromatic hydroxyl groups is 1. The molecule has 0 fully saturated rings. The van der Waals surface area contributed by atoms with Gasteiger partial charge in [0.25, 0.3) is 6.01 Å². The highest BCUT2D eigenvalue weighted by Crippen LogP contribution is 2.34. The topological polar surface area (TPSA) is 82.1 Å². The minimum atomic E-state index is -0.127. The van der Waals surface area contributed by atoms with Gasteiger partial charge in [-0.05, 0) is 12.1 Å². The van der Waals surface area contributed by atoms with Gasteiger partial charge in [-0.15, -0.1) is 0 Å². The van der Waals surface area contributed by atoms with Crippen molar-refractivity contribution in [3.8, 4) is 11.8 Å². The van der Waals surface area contributed by atoms with E-state index in [2.05, 4.69) is 10.3 Å². The smallest absolute Gasteiger partial charge is 0.300 e. The third-order valence-electron chi connectivity index (χ3n) is 2.80. The molecule has 7 heteroatoms. The number of benzene rings is 2. The van der Waals surface area contributed by atoms with Gasteiger partial charge in [0.1, 0.15) is 5.75 Å². The Morgan fingerprint density at radius 2 is 2.10 bits per heavy atom. The van der Waals surface area contributed by atoms with Crippen LogP contribution < -0.4 is 5.32 Å². The van der Waals surface area contributed by atoms with E-state index in [0.717, 1.165) is 0 Å². The van der Waals surface area contributed by atoms with E-state index in [1.807, 2.05) is 6.07 Å². The lowest BCUT2D eigenvalue weighted by Gasteiger charge is -2.04. The Morgan fingerprint density at radius 1 is 1.29 bits per heavy atom. The van der Waals surface area contributed by atoms with Crippen LogP contribution in [-0.2, 0) is 0 Å². The first kappa shape index (κ1) is 13.6. The van der Waals surface area contributed by atoms with E-state index < -0.39 is 0 Å². The van der Waals surface area contributed by atoms with Gasteiger partial charge in [-0.3, -0.25) is 0 Å². The highest BCUT2D eigenvalue weighted by molar-refractivity contribution is 6.43. The third-order valence-corrected chi connectivity index (χ3v) is 3.62. The van der Waals surface area contributed by atoms with Crippen molar-refractivity contribution in [2.24, 2.45) is 0 Å². The van der Waals surface area contributed by atoms with E-state index in [9.17, 15) is 5.11 Å². The molecule has 0 atom stereocenters. The number of oxazole rings is 1. The lowest BCUT2D eigenvalue weighted by atomic mass is 10.2. The molecule has 0 aliphatic carbocycles. The number of nitrogens with one attached hydrogen (secondary N) is 1. The molecule has 0 unspecified atom stereocenters. The Hall–Kier alpha value is -2.42. The van der Waals surface area contributed by atoms with Crippen LogP contribution in [0.25, 0.3) is 11.1 Å². The van der Waals surface area contributed by atoms with Crippen LogP contribution in [0.15, 0.2) is 34.7 Å². The zero-order chi connectivity index (χ0) is 15.0. The number of nitrogens with zero attached hydrogens (tertiary/aromatic N) is 2. The van der Waals surface area contributed by atoms with Crippen molar-refractivity contribution >= 4 is 46.0 Å². The second-order valence-electron chi connectivity index (χ2n) is 4.20. The summed E-state index contributed by atoms with van der Waals surface area (Å²) in [6.45, 7) is 0. The quantitative estimate of drug-likeness (QED) is 0.728. The van der Waals surface area contributed by atoms with Crippen molar-refractivity contribution < 1.29 is 9.52 Å². The van der Waals surface area contributed by atoms with Crippen molar-refractivity contribution in [1.82, 2.24) is 4.98 Å². The fourth-order valence-corrected chi connectivity index (χ4v) is 2.19. The number of anilines is 2. The summed E-state index contributed by atoms with van der Waals surface area (Å²) in [5.41, 5.74) is 1.36. The number of phenols is 1. The first-order chi connectivity index (χ1) is 10.1. The maximum Gasteiger partial charge on any atom is 0.300 e. The van der Waals surface area contributed by atoms with Crippen LogP contribution in [0.2, 0.25) is 10.0 Å². The van der Waals surface area contributed by atoms with Crippen molar-refractivity contribution in [3.05, 3.63) is 45.9 Å². The lowest BCUT2D eigenvalue weighted by molar-refractivity contribution is 0.480. The predicted octanol–water partition coefficient (Wildman–Crippen LogP) is 4.46. The Labute approximate surface area is 129 Å². The molecule has 0 aliphatic rings. The third kappa shape index (κ3) is 2.47. The summed E-state index contributed by atoms with van der Waals surface area (Å²) >= 11 is 12.0. The monoisotopic (exact) mass is 319 g/mol. The molecule has 0 amide bonds. The molecule has 0 aliphatic heterocycles. The summed E-state index contributed by atoms with van der Waals surface area (Å²) in [5.74, 6) is -0.127. The van der Waals surface area contributed by atoms with Gasteiger partial charge in [0.2, 0.25) is 0 Å². The van der Waals surface area contributed by atoms with Gasteiger partial charge in [-0.1, -0.05) is 29.3 Å². The second kappa shape index (κ2) is 5.17. The van der Waals surface area contributed by atoms with E-state index in [1.54, 1.807) is 18.2 Å². The van der Waals surface area contributed by atoms with E-state index >= 15 is 0 Å².